The monoisotopic (exact) mass is 190 g/mol. The molecule has 0 spiro atoms. The van der Waals surface area contributed by atoms with Crippen LogP contribution in [0, 0.1) is 20.8 Å². The maximum Gasteiger partial charge on any atom is -0.0398 e. The quantitative estimate of drug-likeness (QED) is 0.562. The van der Waals surface area contributed by atoms with Gasteiger partial charge >= 0.3 is 0 Å². The van der Waals surface area contributed by atoms with E-state index in [1.165, 1.54) is 48.8 Å². The molecule has 0 aliphatic heterocycles. The molecule has 1 aromatic carbocycles. The second kappa shape index (κ2) is 5.85. The summed E-state index contributed by atoms with van der Waals surface area (Å²) in [6.45, 7) is 6.38. The van der Waals surface area contributed by atoms with Gasteiger partial charge in [0.2, 0.25) is 0 Å². The van der Waals surface area contributed by atoms with Crippen molar-refractivity contribution in [3.63, 3.8) is 0 Å². The van der Waals surface area contributed by atoms with E-state index in [2.05, 4.69) is 39.0 Å². The van der Waals surface area contributed by atoms with Crippen LogP contribution in [-0.4, -0.2) is 0 Å². The first-order valence-electron chi connectivity index (χ1n) is 5.73. The van der Waals surface area contributed by atoms with Gasteiger partial charge in [0.15, 0.2) is 0 Å². The molecule has 0 atom stereocenters. The zero-order valence-corrected chi connectivity index (χ0v) is 9.77. The molecule has 1 saturated carbocycles. The highest BCUT2D eigenvalue weighted by atomic mass is 14.0. The first kappa shape index (κ1) is 11.3. The molecule has 2 rings (SSSR count). The molecule has 0 heteroatoms. The summed E-state index contributed by atoms with van der Waals surface area (Å²) in [6, 6.07) is 6.56. The van der Waals surface area contributed by atoms with Crippen LogP contribution in [0.5, 0.6) is 0 Å². The van der Waals surface area contributed by atoms with Gasteiger partial charge in [-0.05, 0) is 20.8 Å². The van der Waals surface area contributed by atoms with Crippen molar-refractivity contribution in [1.82, 2.24) is 0 Å². The SMILES string of the molecule is C1CCCC1.Cc1cc(C)cc(C)c1. The standard InChI is InChI=1S/C9H12.C5H10/c1-7-4-8(2)6-9(3)5-7;1-2-4-5-3-1/h4-6H,1-3H3;1-5H2. The van der Waals surface area contributed by atoms with Gasteiger partial charge in [-0.3, -0.25) is 0 Å². The molecule has 0 unspecified atom stereocenters. The number of benzene rings is 1. The lowest BCUT2D eigenvalue weighted by Gasteiger charge is -1.96. The van der Waals surface area contributed by atoms with Gasteiger partial charge in [0.05, 0.1) is 0 Å². The third-order valence-electron chi connectivity index (χ3n) is 2.62. The summed E-state index contributed by atoms with van der Waals surface area (Å²) in [5, 5.41) is 0. The lowest BCUT2D eigenvalue weighted by molar-refractivity contribution is 0.886. The molecule has 1 aromatic rings. The topological polar surface area (TPSA) is 0 Å². The van der Waals surface area contributed by atoms with Crippen molar-refractivity contribution >= 4 is 0 Å². The van der Waals surface area contributed by atoms with Crippen LogP contribution in [0.3, 0.4) is 0 Å². The molecule has 0 aromatic heterocycles. The van der Waals surface area contributed by atoms with Crippen LogP contribution in [0.25, 0.3) is 0 Å². The molecule has 1 aliphatic rings. The molecule has 0 N–H and O–H groups in total. The van der Waals surface area contributed by atoms with Crippen LogP contribution in [0.4, 0.5) is 0 Å². The fraction of sp³-hybridized carbons (Fsp3) is 0.571. The number of aryl methyl sites for hydroxylation is 3. The molecule has 0 saturated heterocycles. The van der Waals surface area contributed by atoms with E-state index in [0.29, 0.717) is 0 Å². The van der Waals surface area contributed by atoms with Gasteiger partial charge in [-0.1, -0.05) is 67.0 Å². The second-order valence-electron chi connectivity index (χ2n) is 4.43. The first-order valence-corrected chi connectivity index (χ1v) is 5.73. The van der Waals surface area contributed by atoms with E-state index in [-0.39, 0.29) is 0 Å². The number of hydrogen-bond acceptors (Lipinski definition) is 0. The Labute approximate surface area is 88.4 Å². The maximum atomic E-state index is 2.19. The normalized spacial score (nSPS) is 14.8. The minimum atomic E-state index is 1.35. The Balaban J connectivity index is 0.000000165. The van der Waals surface area contributed by atoms with E-state index in [0.717, 1.165) is 0 Å². The van der Waals surface area contributed by atoms with Gasteiger partial charge < -0.3 is 0 Å². The highest BCUT2D eigenvalue weighted by Crippen LogP contribution is 2.15. The fourth-order valence-electron chi connectivity index (χ4n) is 2.09. The third-order valence-corrected chi connectivity index (χ3v) is 2.62. The molecule has 0 nitrogen and oxygen atoms in total. The van der Waals surface area contributed by atoms with E-state index < -0.39 is 0 Å². The maximum absolute atomic E-state index is 2.19. The molecular formula is C14H22. The van der Waals surface area contributed by atoms with Crippen molar-refractivity contribution in [3.8, 4) is 0 Å². The molecule has 1 fully saturated rings. The van der Waals surface area contributed by atoms with Crippen molar-refractivity contribution in [1.29, 1.82) is 0 Å². The summed E-state index contributed by atoms with van der Waals surface area (Å²) in [4.78, 5) is 0. The van der Waals surface area contributed by atoms with Gasteiger partial charge in [0, 0.05) is 0 Å². The lowest BCUT2D eigenvalue weighted by Crippen LogP contribution is -1.78. The fourth-order valence-corrected chi connectivity index (χ4v) is 2.09. The van der Waals surface area contributed by atoms with Crippen LogP contribution in [-0.2, 0) is 0 Å². The minimum absolute atomic E-state index is 1.35. The van der Waals surface area contributed by atoms with Crippen molar-refractivity contribution < 1.29 is 0 Å². The number of rotatable bonds is 0. The predicted molar refractivity (Wildman–Crippen MR) is 63.7 cm³/mol. The van der Waals surface area contributed by atoms with Gasteiger partial charge in [-0.2, -0.15) is 0 Å². The predicted octanol–water partition coefficient (Wildman–Crippen LogP) is 4.56. The Morgan fingerprint density at radius 2 is 0.786 bits per heavy atom. The average molecular weight is 190 g/mol. The summed E-state index contributed by atoms with van der Waals surface area (Å²) < 4.78 is 0. The zero-order chi connectivity index (χ0) is 10.4. The van der Waals surface area contributed by atoms with E-state index in [4.69, 9.17) is 0 Å². The Bertz CT molecular complexity index is 211. The van der Waals surface area contributed by atoms with Crippen molar-refractivity contribution in [2.45, 2.75) is 52.9 Å². The van der Waals surface area contributed by atoms with Crippen LogP contribution < -0.4 is 0 Å². The second-order valence-corrected chi connectivity index (χ2v) is 4.43. The van der Waals surface area contributed by atoms with Gasteiger partial charge in [0.25, 0.3) is 0 Å². The van der Waals surface area contributed by atoms with Crippen molar-refractivity contribution in [2.75, 3.05) is 0 Å². The van der Waals surface area contributed by atoms with Crippen molar-refractivity contribution in [2.24, 2.45) is 0 Å². The van der Waals surface area contributed by atoms with Gasteiger partial charge in [0.1, 0.15) is 0 Å². The largest absolute Gasteiger partial charge is 0.0564 e. The smallest absolute Gasteiger partial charge is 0.0398 e. The van der Waals surface area contributed by atoms with E-state index in [9.17, 15) is 0 Å². The molecule has 1 aliphatic carbocycles. The molecule has 78 valence electrons. The van der Waals surface area contributed by atoms with Crippen molar-refractivity contribution in [3.05, 3.63) is 34.9 Å². The first-order chi connectivity index (χ1) is 6.68. The lowest BCUT2D eigenvalue weighted by atomic mass is 10.1. The van der Waals surface area contributed by atoms with E-state index in [1.807, 2.05) is 0 Å². The van der Waals surface area contributed by atoms with Crippen LogP contribution >= 0.6 is 0 Å². The molecule has 0 bridgehead atoms. The van der Waals surface area contributed by atoms with Crippen LogP contribution in [0.15, 0.2) is 18.2 Å². The van der Waals surface area contributed by atoms with Crippen LogP contribution in [0.2, 0.25) is 0 Å². The summed E-state index contributed by atoms with van der Waals surface area (Å²) in [6.07, 6.45) is 7.50. The molecule has 0 heterocycles. The van der Waals surface area contributed by atoms with E-state index in [1.54, 1.807) is 0 Å². The Kier molecular flexibility index (Phi) is 4.72. The Morgan fingerprint density at radius 1 is 0.571 bits per heavy atom. The highest BCUT2D eigenvalue weighted by molar-refractivity contribution is 5.27. The Morgan fingerprint density at radius 3 is 1.00 bits per heavy atom. The van der Waals surface area contributed by atoms with Crippen LogP contribution in [0.1, 0.15) is 48.8 Å². The van der Waals surface area contributed by atoms with E-state index >= 15 is 0 Å². The summed E-state index contributed by atoms with van der Waals surface area (Å²) in [5.74, 6) is 0. The minimum Gasteiger partial charge on any atom is -0.0564 e. The molecule has 0 amide bonds. The zero-order valence-electron chi connectivity index (χ0n) is 9.77. The average Bonchev–Trinajstić information content (AvgIpc) is 2.56. The Hall–Kier alpha value is -0.780. The van der Waals surface area contributed by atoms with Gasteiger partial charge in [-0.25, -0.2) is 0 Å². The summed E-state index contributed by atoms with van der Waals surface area (Å²) >= 11 is 0. The third kappa shape index (κ3) is 4.45. The van der Waals surface area contributed by atoms with Gasteiger partial charge in [-0.15, -0.1) is 0 Å². The molecule has 0 radical (unpaired) electrons. The summed E-state index contributed by atoms with van der Waals surface area (Å²) in [7, 11) is 0. The molecular weight excluding hydrogens is 168 g/mol. The highest BCUT2D eigenvalue weighted by Gasteiger charge is 1.95. The molecule has 14 heavy (non-hydrogen) atoms. The summed E-state index contributed by atoms with van der Waals surface area (Å²) in [5.41, 5.74) is 4.06. The number of hydrogen-bond donors (Lipinski definition) is 0.